The largest absolute Gasteiger partial charge is 0.271 e. The summed E-state index contributed by atoms with van der Waals surface area (Å²) in [4.78, 5) is 23.9. The van der Waals surface area contributed by atoms with Crippen molar-refractivity contribution in [2.45, 2.75) is 25.7 Å². The number of nitriles is 1. The Morgan fingerprint density at radius 2 is 1.75 bits per heavy atom. The molecule has 1 aromatic rings. The average molecular weight is 336 g/mol. The molecule has 1 fully saturated rings. The maximum atomic E-state index is 12.0. The molecule has 1 aliphatic carbocycles. The van der Waals surface area contributed by atoms with Gasteiger partial charge in [-0.15, -0.1) is 0 Å². The highest BCUT2D eigenvalue weighted by molar-refractivity contribution is 9.10. The van der Waals surface area contributed by atoms with Crippen LogP contribution >= 0.6 is 15.9 Å². The number of hydrogen-bond acceptors (Lipinski definition) is 3. The van der Waals surface area contributed by atoms with E-state index in [1.807, 2.05) is 0 Å². The van der Waals surface area contributed by atoms with Crippen LogP contribution in [0.25, 0.3) is 0 Å². The maximum absolute atomic E-state index is 12.0. The number of halogens is 1. The van der Waals surface area contributed by atoms with Crippen molar-refractivity contribution >= 4 is 27.7 Å². The van der Waals surface area contributed by atoms with Crippen molar-refractivity contribution in [3.8, 4) is 6.07 Å². The first-order valence-electron chi connectivity index (χ1n) is 6.35. The van der Waals surface area contributed by atoms with Crippen molar-refractivity contribution in [3.05, 3.63) is 34.3 Å². The van der Waals surface area contributed by atoms with E-state index in [4.69, 9.17) is 0 Å². The van der Waals surface area contributed by atoms with Crippen LogP contribution in [0.1, 0.15) is 36.0 Å². The number of carbonyl (C=O) groups excluding carboxylic acids is 2. The van der Waals surface area contributed by atoms with Crippen LogP contribution in [0.3, 0.4) is 0 Å². The topological polar surface area (TPSA) is 82.0 Å². The monoisotopic (exact) mass is 335 g/mol. The van der Waals surface area contributed by atoms with E-state index in [1.165, 1.54) is 0 Å². The van der Waals surface area contributed by atoms with E-state index >= 15 is 0 Å². The molecule has 0 radical (unpaired) electrons. The second-order valence-corrected chi connectivity index (χ2v) is 5.73. The number of rotatable bonds is 2. The van der Waals surface area contributed by atoms with E-state index in [9.17, 15) is 14.9 Å². The average Bonchev–Trinajstić information content (AvgIpc) is 2.95. The summed E-state index contributed by atoms with van der Waals surface area (Å²) in [5.41, 5.74) is 4.15. The van der Waals surface area contributed by atoms with Crippen LogP contribution in [0, 0.1) is 16.7 Å². The molecule has 1 saturated carbocycles. The predicted octanol–water partition coefficient (Wildman–Crippen LogP) is 2.29. The first-order valence-corrected chi connectivity index (χ1v) is 7.14. The zero-order chi connectivity index (χ0) is 14.6. The Balaban J connectivity index is 1.95. The Morgan fingerprint density at radius 1 is 1.15 bits per heavy atom. The van der Waals surface area contributed by atoms with Crippen molar-refractivity contribution in [1.82, 2.24) is 10.9 Å². The number of amides is 2. The van der Waals surface area contributed by atoms with Crippen molar-refractivity contribution in [1.29, 1.82) is 5.26 Å². The molecule has 6 heteroatoms. The maximum Gasteiger partial charge on any atom is 0.269 e. The summed E-state index contributed by atoms with van der Waals surface area (Å²) in [6.07, 6.45) is 2.82. The van der Waals surface area contributed by atoms with Gasteiger partial charge in [0.25, 0.3) is 11.8 Å². The Kier molecular flexibility index (Phi) is 4.40. The molecule has 0 atom stereocenters. The highest BCUT2D eigenvalue weighted by Gasteiger charge is 2.41. The third kappa shape index (κ3) is 2.99. The molecule has 1 aliphatic rings. The van der Waals surface area contributed by atoms with Gasteiger partial charge in [-0.2, -0.15) is 5.26 Å². The molecule has 104 valence electrons. The van der Waals surface area contributed by atoms with E-state index in [0.717, 1.165) is 17.3 Å². The summed E-state index contributed by atoms with van der Waals surface area (Å²) in [5, 5.41) is 9.17. The summed E-state index contributed by atoms with van der Waals surface area (Å²) in [5.74, 6) is -0.833. The number of hydrogen-bond donors (Lipinski definition) is 2. The Bertz CT molecular complexity index is 557. The van der Waals surface area contributed by atoms with Gasteiger partial charge in [0, 0.05) is 10.0 Å². The fraction of sp³-hybridized carbons (Fsp3) is 0.357. The lowest BCUT2D eigenvalue weighted by Gasteiger charge is -2.19. The van der Waals surface area contributed by atoms with Crippen molar-refractivity contribution in [3.63, 3.8) is 0 Å². The third-order valence-electron chi connectivity index (χ3n) is 3.50. The van der Waals surface area contributed by atoms with Crippen LogP contribution < -0.4 is 10.9 Å². The summed E-state index contributed by atoms with van der Waals surface area (Å²) >= 11 is 3.28. The molecule has 2 N–H and O–H groups in total. The van der Waals surface area contributed by atoms with E-state index in [1.54, 1.807) is 24.3 Å². The molecule has 20 heavy (non-hydrogen) atoms. The minimum absolute atomic E-state index is 0.406. The molecule has 0 aromatic heterocycles. The SMILES string of the molecule is N#CC1(C(=O)NNC(=O)c2ccc(Br)cc2)CCCC1. The fourth-order valence-electron chi connectivity index (χ4n) is 2.27. The van der Waals surface area contributed by atoms with Crippen LogP contribution in [-0.4, -0.2) is 11.8 Å². The minimum atomic E-state index is -0.993. The summed E-state index contributed by atoms with van der Waals surface area (Å²) in [6.45, 7) is 0. The van der Waals surface area contributed by atoms with Crippen LogP contribution in [-0.2, 0) is 4.79 Å². The van der Waals surface area contributed by atoms with Gasteiger partial charge in [-0.25, -0.2) is 0 Å². The second kappa shape index (κ2) is 6.06. The quantitative estimate of drug-likeness (QED) is 0.813. The highest BCUT2D eigenvalue weighted by Crippen LogP contribution is 2.37. The fourth-order valence-corrected chi connectivity index (χ4v) is 2.54. The standard InChI is InChI=1S/C14H14BrN3O2/c15-11-5-3-10(4-6-11)12(19)17-18-13(20)14(9-16)7-1-2-8-14/h3-6H,1-2,7-8H2,(H,17,19)(H,18,20). The number of hydrazine groups is 1. The second-order valence-electron chi connectivity index (χ2n) is 4.82. The van der Waals surface area contributed by atoms with E-state index in [0.29, 0.717) is 18.4 Å². The number of carbonyl (C=O) groups is 2. The van der Waals surface area contributed by atoms with Crippen molar-refractivity contribution in [2.24, 2.45) is 5.41 Å². The lowest BCUT2D eigenvalue weighted by atomic mass is 9.87. The molecular formula is C14H14BrN3O2. The van der Waals surface area contributed by atoms with Gasteiger partial charge in [0.15, 0.2) is 0 Å². The van der Waals surface area contributed by atoms with Gasteiger partial charge >= 0.3 is 0 Å². The van der Waals surface area contributed by atoms with Gasteiger partial charge in [0.05, 0.1) is 6.07 Å². The number of nitrogens with one attached hydrogen (secondary N) is 2. The van der Waals surface area contributed by atoms with Gasteiger partial charge in [-0.3, -0.25) is 20.4 Å². The van der Waals surface area contributed by atoms with Crippen LogP contribution in [0.4, 0.5) is 0 Å². The number of benzene rings is 1. The van der Waals surface area contributed by atoms with Gasteiger partial charge in [0.1, 0.15) is 5.41 Å². The summed E-state index contributed by atoms with van der Waals surface area (Å²) in [6, 6.07) is 8.84. The zero-order valence-corrected chi connectivity index (χ0v) is 12.4. The van der Waals surface area contributed by atoms with Crippen LogP contribution in [0.15, 0.2) is 28.7 Å². The molecule has 0 spiro atoms. The highest BCUT2D eigenvalue weighted by atomic mass is 79.9. The predicted molar refractivity (Wildman–Crippen MR) is 76.3 cm³/mol. The van der Waals surface area contributed by atoms with Crippen LogP contribution in [0.2, 0.25) is 0 Å². The summed E-state index contributed by atoms with van der Waals surface area (Å²) in [7, 11) is 0. The molecule has 0 unspecified atom stereocenters. The van der Waals surface area contributed by atoms with E-state index < -0.39 is 17.2 Å². The zero-order valence-electron chi connectivity index (χ0n) is 10.8. The lowest BCUT2D eigenvalue weighted by Crippen LogP contribution is -2.48. The normalized spacial score (nSPS) is 16.2. The Labute approximate surface area is 125 Å². The smallest absolute Gasteiger partial charge is 0.269 e. The minimum Gasteiger partial charge on any atom is -0.271 e. The molecular weight excluding hydrogens is 322 g/mol. The lowest BCUT2D eigenvalue weighted by molar-refractivity contribution is -0.128. The van der Waals surface area contributed by atoms with Crippen molar-refractivity contribution in [2.75, 3.05) is 0 Å². The molecule has 2 rings (SSSR count). The van der Waals surface area contributed by atoms with Gasteiger partial charge in [-0.05, 0) is 37.1 Å². The molecule has 2 amide bonds. The van der Waals surface area contributed by atoms with Gasteiger partial charge < -0.3 is 0 Å². The Morgan fingerprint density at radius 3 is 2.30 bits per heavy atom. The molecule has 5 nitrogen and oxygen atoms in total. The third-order valence-corrected chi connectivity index (χ3v) is 4.03. The van der Waals surface area contributed by atoms with Gasteiger partial charge in [0.2, 0.25) is 0 Å². The van der Waals surface area contributed by atoms with Crippen molar-refractivity contribution < 1.29 is 9.59 Å². The molecule has 0 heterocycles. The first kappa shape index (κ1) is 14.5. The molecule has 1 aromatic carbocycles. The molecule has 0 aliphatic heterocycles. The van der Waals surface area contributed by atoms with E-state index in [-0.39, 0.29) is 0 Å². The van der Waals surface area contributed by atoms with Crippen LogP contribution in [0.5, 0.6) is 0 Å². The Hall–Kier alpha value is -1.87. The first-order chi connectivity index (χ1) is 9.57. The molecule has 0 saturated heterocycles. The number of nitrogens with zero attached hydrogens (tertiary/aromatic N) is 1. The van der Waals surface area contributed by atoms with Gasteiger partial charge in [-0.1, -0.05) is 28.8 Å². The summed E-state index contributed by atoms with van der Waals surface area (Å²) < 4.78 is 0.868. The van der Waals surface area contributed by atoms with E-state index in [2.05, 4.69) is 32.9 Å². The molecule has 0 bridgehead atoms.